The van der Waals surface area contributed by atoms with E-state index in [0.29, 0.717) is 24.0 Å². The molecule has 4 atom stereocenters. The summed E-state index contributed by atoms with van der Waals surface area (Å²) < 4.78 is 0. The molecule has 1 saturated carbocycles. The Balaban J connectivity index is 1.96. The first-order valence-electron chi connectivity index (χ1n) is 7.24. The summed E-state index contributed by atoms with van der Waals surface area (Å²) in [4.78, 5) is 37.0. The normalized spacial score (nSPS) is 29.3. The van der Waals surface area contributed by atoms with Gasteiger partial charge in [0.1, 0.15) is 6.04 Å². The molecule has 1 aliphatic carbocycles. The minimum atomic E-state index is -0.922. The molecule has 2 N–H and O–H groups in total. The van der Waals surface area contributed by atoms with Crippen molar-refractivity contribution in [3.8, 4) is 0 Å². The number of thioether (sulfide) groups is 1. The van der Waals surface area contributed by atoms with E-state index in [4.69, 9.17) is 5.11 Å². The van der Waals surface area contributed by atoms with E-state index in [0.717, 1.165) is 0 Å². The van der Waals surface area contributed by atoms with E-state index in [1.54, 1.807) is 4.90 Å². The lowest BCUT2D eigenvalue weighted by atomic mass is 10.1. The highest BCUT2D eigenvalue weighted by molar-refractivity contribution is 7.99. The van der Waals surface area contributed by atoms with Gasteiger partial charge in [0.15, 0.2) is 0 Å². The van der Waals surface area contributed by atoms with Gasteiger partial charge in [-0.05, 0) is 19.3 Å². The number of nitrogens with one attached hydrogen (secondary N) is 1. The first kappa shape index (κ1) is 16.1. The van der Waals surface area contributed by atoms with Crippen LogP contribution in [0.5, 0.6) is 0 Å². The van der Waals surface area contributed by atoms with Gasteiger partial charge >= 0.3 is 5.97 Å². The molecular formula is C14H22N2O4S. The number of rotatable bonds is 5. The summed E-state index contributed by atoms with van der Waals surface area (Å²) in [6, 6.07) is -0.425. The number of amides is 2. The van der Waals surface area contributed by atoms with E-state index in [1.807, 2.05) is 20.8 Å². The van der Waals surface area contributed by atoms with Crippen molar-refractivity contribution >= 4 is 29.5 Å². The first-order valence-corrected chi connectivity index (χ1v) is 8.39. The molecule has 2 aliphatic rings. The standard InChI is InChI=1S/C14H22N2O4S/c1-7(2)8(3)15-12(17)11-5-21-6-16(11)13(18)9-4-10(9)14(19)20/h7-11H,4-6H2,1-3H3,(H,15,17)(H,19,20). The molecule has 0 aromatic rings. The Hall–Kier alpha value is -1.24. The Bertz CT molecular complexity index is 454. The Kier molecular flexibility index (Phi) is 4.81. The van der Waals surface area contributed by atoms with Crippen LogP contribution in [-0.2, 0) is 14.4 Å². The number of hydrogen-bond acceptors (Lipinski definition) is 4. The van der Waals surface area contributed by atoms with Crippen LogP contribution in [0.1, 0.15) is 27.2 Å². The molecule has 21 heavy (non-hydrogen) atoms. The fourth-order valence-electron chi connectivity index (χ4n) is 2.32. The van der Waals surface area contributed by atoms with Crippen LogP contribution in [0.2, 0.25) is 0 Å². The monoisotopic (exact) mass is 314 g/mol. The van der Waals surface area contributed by atoms with Crippen LogP contribution in [0.15, 0.2) is 0 Å². The summed E-state index contributed by atoms with van der Waals surface area (Å²) in [5.74, 6) is -0.892. The predicted octanol–water partition coefficient (Wildman–Crippen LogP) is 0.769. The Labute approximate surface area is 128 Å². The summed E-state index contributed by atoms with van der Waals surface area (Å²) in [7, 11) is 0. The third kappa shape index (κ3) is 3.51. The zero-order valence-electron chi connectivity index (χ0n) is 12.5. The van der Waals surface area contributed by atoms with Gasteiger partial charge in [0.2, 0.25) is 11.8 Å². The topological polar surface area (TPSA) is 86.7 Å². The molecule has 4 unspecified atom stereocenters. The van der Waals surface area contributed by atoms with Crippen molar-refractivity contribution < 1.29 is 19.5 Å². The summed E-state index contributed by atoms with van der Waals surface area (Å²) in [5, 5.41) is 11.9. The Morgan fingerprint density at radius 3 is 2.43 bits per heavy atom. The second kappa shape index (κ2) is 6.25. The highest BCUT2D eigenvalue weighted by Gasteiger charge is 2.52. The quantitative estimate of drug-likeness (QED) is 0.783. The smallest absolute Gasteiger partial charge is 0.307 e. The van der Waals surface area contributed by atoms with E-state index in [2.05, 4.69) is 5.32 Å². The van der Waals surface area contributed by atoms with E-state index in [-0.39, 0.29) is 17.9 Å². The second-order valence-electron chi connectivity index (χ2n) is 6.15. The highest BCUT2D eigenvalue weighted by Crippen LogP contribution is 2.41. The highest BCUT2D eigenvalue weighted by atomic mass is 32.2. The van der Waals surface area contributed by atoms with Crippen molar-refractivity contribution in [2.45, 2.75) is 39.3 Å². The summed E-state index contributed by atoms with van der Waals surface area (Å²) in [5.41, 5.74) is 0. The molecule has 7 heteroatoms. The van der Waals surface area contributed by atoms with Crippen molar-refractivity contribution in [3.63, 3.8) is 0 Å². The maximum Gasteiger partial charge on any atom is 0.307 e. The molecule has 2 amide bonds. The molecule has 6 nitrogen and oxygen atoms in total. The molecule has 0 aromatic heterocycles. The molecule has 0 spiro atoms. The molecule has 1 heterocycles. The third-order valence-corrected chi connectivity index (χ3v) is 5.27. The van der Waals surface area contributed by atoms with E-state index in [1.165, 1.54) is 11.8 Å². The average Bonchev–Trinajstić information content (AvgIpc) is 3.07. The van der Waals surface area contributed by atoms with Gasteiger partial charge in [-0.2, -0.15) is 0 Å². The van der Waals surface area contributed by atoms with Crippen LogP contribution < -0.4 is 5.32 Å². The van der Waals surface area contributed by atoms with Crippen LogP contribution in [0.3, 0.4) is 0 Å². The van der Waals surface area contributed by atoms with Gasteiger partial charge in [0.25, 0.3) is 0 Å². The van der Waals surface area contributed by atoms with Gasteiger partial charge in [-0.1, -0.05) is 13.8 Å². The summed E-state index contributed by atoms with van der Waals surface area (Å²) >= 11 is 1.53. The van der Waals surface area contributed by atoms with Gasteiger partial charge in [0.05, 0.1) is 17.7 Å². The van der Waals surface area contributed by atoms with E-state index < -0.39 is 23.8 Å². The van der Waals surface area contributed by atoms with Crippen LogP contribution in [0, 0.1) is 17.8 Å². The SMILES string of the molecule is CC(C)C(C)NC(=O)C1CSCN1C(=O)C1CC1C(=O)O. The first-order chi connectivity index (χ1) is 9.82. The maximum absolute atomic E-state index is 12.3. The zero-order chi connectivity index (χ0) is 15.7. The lowest BCUT2D eigenvalue weighted by Crippen LogP contribution is -2.50. The number of carboxylic acids is 1. The minimum Gasteiger partial charge on any atom is -0.481 e. The van der Waals surface area contributed by atoms with Crippen molar-refractivity contribution in [2.24, 2.45) is 17.8 Å². The van der Waals surface area contributed by atoms with Gasteiger partial charge < -0.3 is 15.3 Å². The minimum absolute atomic E-state index is 0.0488. The molecule has 0 radical (unpaired) electrons. The van der Waals surface area contributed by atoms with Crippen LogP contribution in [0.25, 0.3) is 0 Å². The number of carbonyl (C=O) groups excluding carboxylic acids is 2. The number of carbonyl (C=O) groups is 3. The number of hydrogen-bond donors (Lipinski definition) is 2. The Morgan fingerprint density at radius 2 is 1.90 bits per heavy atom. The number of carboxylic acid groups (broad SMARTS) is 1. The average molecular weight is 314 g/mol. The van der Waals surface area contributed by atoms with Gasteiger partial charge in [-0.25, -0.2) is 0 Å². The molecule has 0 bridgehead atoms. The third-order valence-electron chi connectivity index (χ3n) is 4.26. The van der Waals surface area contributed by atoms with E-state index >= 15 is 0 Å². The molecule has 118 valence electrons. The van der Waals surface area contributed by atoms with Crippen molar-refractivity contribution in [1.29, 1.82) is 0 Å². The van der Waals surface area contributed by atoms with Crippen molar-refractivity contribution in [1.82, 2.24) is 10.2 Å². The zero-order valence-corrected chi connectivity index (χ0v) is 13.4. The molecule has 1 aliphatic heterocycles. The predicted molar refractivity (Wildman–Crippen MR) is 79.6 cm³/mol. The van der Waals surface area contributed by atoms with Crippen molar-refractivity contribution in [2.75, 3.05) is 11.6 Å². The fraction of sp³-hybridized carbons (Fsp3) is 0.786. The lowest BCUT2D eigenvalue weighted by molar-refractivity contribution is -0.143. The van der Waals surface area contributed by atoms with Crippen molar-refractivity contribution in [3.05, 3.63) is 0 Å². The van der Waals surface area contributed by atoms with Gasteiger partial charge in [-0.3, -0.25) is 14.4 Å². The number of aliphatic carboxylic acids is 1. The van der Waals surface area contributed by atoms with Gasteiger partial charge in [-0.15, -0.1) is 11.8 Å². The molecule has 0 aromatic carbocycles. The fourth-order valence-corrected chi connectivity index (χ4v) is 3.48. The largest absolute Gasteiger partial charge is 0.481 e. The van der Waals surface area contributed by atoms with Crippen LogP contribution >= 0.6 is 11.8 Å². The van der Waals surface area contributed by atoms with Crippen LogP contribution in [-0.4, -0.2) is 51.5 Å². The molecule has 1 saturated heterocycles. The summed E-state index contributed by atoms with van der Waals surface area (Å²) in [6.07, 6.45) is 0.395. The van der Waals surface area contributed by atoms with Crippen LogP contribution in [0.4, 0.5) is 0 Å². The number of nitrogens with zero attached hydrogens (tertiary/aromatic N) is 1. The Morgan fingerprint density at radius 1 is 1.24 bits per heavy atom. The van der Waals surface area contributed by atoms with Gasteiger partial charge in [0, 0.05) is 11.8 Å². The lowest BCUT2D eigenvalue weighted by Gasteiger charge is -2.26. The second-order valence-corrected chi connectivity index (χ2v) is 7.15. The maximum atomic E-state index is 12.3. The molecule has 2 rings (SSSR count). The van der Waals surface area contributed by atoms with E-state index in [9.17, 15) is 14.4 Å². The molecule has 2 fully saturated rings. The summed E-state index contributed by atoms with van der Waals surface area (Å²) in [6.45, 7) is 6.00. The molecular weight excluding hydrogens is 292 g/mol.